The standard InChI is InChI=1S/C15H10Br3N3O5/c16-9-1-2-13(11(17)4-9)26-7-14(22)20-19-6-8-3-10(21(24)25)5-12(18)15(8)23/h1-6,23H,7H2,(H,20,22)/b19-6+. The Labute approximate surface area is 172 Å². The molecular weight excluding hydrogens is 542 g/mol. The van der Waals surface area contributed by atoms with Gasteiger partial charge < -0.3 is 9.84 Å². The van der Waals surface area contributed by atoms with Crippen molar-refractivity contribution >= 4 is 65.6 Å². The van der Waals surface area contributed by atoms with Gasteiger partial charge in [0.25, 0.3) is 11.6 Å². The Morgan fingerprint density at radius 3 is 2.65 bits per heavy atom. The number of hydrazone groups is 1. The molecule has 26 heavy (non-hydrogen) atoms. The van der Waals surface area contributed by atoms with Crippen LogP contribution in [0.5, 0.6) is 11.5 Å². The zero-order valence-corrected chi connectivity index (χ0v) is 17.5. The molecule has 0 fully saturated rings. The zero-order valence-electron chi connectivity index (χ0n) is 12.8. The van der Waals surface area contributed by atoms with Crippen LogP contribution in [0.1, 0.15) is 5.56 Å². The van der Waals surface area contributed by atoms with Gasteiger partial charge in [-0.15, -0.1) is 0 Å². The predicted octanol–water partition coefficient (Wildman–Crippen LogP) is 4.12. The quantitative estimate of drug-likeness (QED) is 0.318. The number of benzene rings is 2. The van der Waals surface area contributed by atoms with E-state index in [0.29, 0.717) is 10.2 Å². The molecule has 1 amide bonds. The number of phenolic OH excluding ortho intramolecular Hbond substituents is 1. The van der Waals surface area contributed by atoms with E-state index in [1.54, 1.807) is 18.2 Å². The second kappa shape index (κ2) is 9.10. The van der Waals surface area contributed by atoms with Gasteiger partial charge in [0.1, 0.15) is 11.5 Å². The zero-order chi connectivity index (χ0) is 19.3. The Hall–Kier alpha value is -1.98. The second-order valence-electron chi connectivity index (χ2n) is 4.78. The molecule has 2 aromatic rings. The lowest BCUT2D eigenvalue weighted by Gasteiger charge is -2.07. The third kappa shape index (κ3) is 5.51. The molecule has 0 unspecified atom stereocenters. The van der Waals surface area contributed by atoms with E-state index >= 15 is 0 Å². The molecule has 2 aromatic carbocycles. The molecule has 8 nitrogen and oxygen atoms in total. The summed E-state index contributed by atoms with van der Waals surface area (Å²) >= 11 is 9.64. The first kappa shape index (κ1) is 20.3. The minimum absolute atomic E-state index is 0.0722. The van der Waals surface area contributed by atoms with Crippen LogP contribution in [0.2, 0.25) is 0 Å². The number of carbonyl (C=O) groups is 1. The summed E-state index contributed by atoms with van der Waals surface area (Å²) in [7, 11) is 0. The van der Waals surface area contributed by atoms with E-state index in [4.69, 9.17) is 4.74 Å². The smallest absolute Gasteiger partial charge is 0.277 e. The van der Waals surface area contributed by atoms with E-state index in [1.165, 1.54) is 0 Å². The minimum atomic E-state index is -0.607. The minimum Gasteiger partial charge on any atom is -0.506 e. The number of hydrogen-bond donors (Lipinski definition) is 2. The average molecular weight is 552 g/mol. The first-order chi connectivity index (χ1) is 12.3. The topological polar surface area (TPSA) is 114 Å². The van der Waals surface area contributed by atoms with Crippen LogP contribution in [0.25, 0.3) is 0 Å². The van der Waals surface area contributed by atoms with Crippen molar-refractivity contribution in [1.82, 2.24) is 5.43 Å². The highest BCUT2D eigenvalue weighted by atomic mass is 79.9. The van der Waals surface area contributed by atoms with Crippen LogP contribution >= 0.6 is 47.8 Å². The molecule has 0 aromatic heterocycles. The molecule has 0 saturated carbocycles. The number of non-ortho nitro benzene ring substituents is 1. The van der Waals surface area contributed by atoms with Gasteiger partial charge >= 0.3 is 0 Å². The van der Waals surface area contributed by atoms with E-state index in [9.17, 15) is 20.0 Å². The molecule has 0 atom stereocenters. The van der Waals surface area contributed by atoms with Gasteiger partial charge in [-0.05, 0) is 50.1 Å². The number of nitro benzene ring substituents is 1. The number of hydrogen-bond acceptors (Lipinski definition) is 6. The molecule has 0 aliphatic carbocycles. The number of carbonyl (C=O) groups excluding carboxylic acids is 1. The fraction of sp³-hybridized carbons (Fsp3) is 0.0667. The Morgan fingerprint density at radius 1 is 1.27 bits per heavy atom. The molecular formula is C15H10Br3N3O5. The van der Waals surface area contributed by atoms with Crippen LogP contribution in [0.15, 0.2) is 48.9 Å². The normalized spacial score (nSPS) is 10.7. The van der Waals surface area contributed by atoms with Crippen LogP contribution < -0.4 is 10.2 Å². The summed E-state index contributed by atoms with van der Waals surface area (Å²) in [4.78, 5) is 22.0. The second-order valence-corrected chi connectivity index (χ2v) is 7.40. The number of halogens is 3. The Kier molecular flexibility index (Phi) is 7.12. The molecule has 0 radical (unpaired) electrons. The van der Waals surface area contributed by atoms with Crippen molar-refractivity contribution < 1.29 is 19.6 Å². The molecule has 0 heterocycles. The Morgan fingerprint density at radius 2 is 2.00 bits per heavy atom. The molecule has 136 valence electrons. The number of nitrogens with one attached hydrogen (secondary N) is 1. The average Bonchev–Trinajstić information content (AvgIpc) is 2.57. The molecule has 0 bridgehead atoms. The summed E-state index contributed by atoms with van der Waals surface area (Å²) in [5.74, 6) is -0.295. The molecule has 0 aliphatic rings. The number of nitro groups is 1. The summed E-state index contributed by atoms with van der Waals surface area (Å²) < 4.78 is 7.02. The third-order valence-electron chi connectivity index (χ3n) is 2.93. The number of nitrogens with zero attached hydrogens (tertiary/aromatic N) is 2. The van der Waals surface area contributed by atoms with E-state index in [2.05, 4.69) is 58.3 Å². The first-order valence-electron chi connectivity index (χ1n) is 6.84. The third-order valence-corrected chi connectivity index (χ3v) is 4.65. The SMILES string of the molecule is O=C(COc1ccc(Br)cc1Br)N/N=C/c1cc([N+](=O)[O-])cc(Br)c1O. The molecule has 0 aliphatic heterocycles. The lowest BCUT2D eigenvalue weighted by Crippen LogP contribution is -2.24. The summed E-state index contributed by atoms with van der Waals surface area (Å²) in [5, 5.41) is 24.4. The van der Waals surface area contributed by atoms with Gasteiger partial charge in [-0.1, -0.05) is 15.9 Å². The Bertz CT molecular complexity index is 889. The summed E-state index contributed by atoms with van der Waals surface area (Å²) in [5.41, 5.74) is 2.05. The maximum absolute atomic E-state index is 11.8. The van der Waals surface area contributed by atoms with Gasteiger partial charge in [0.05, 0.1) is 20.1 Å². The number of ether oxygens (including phenoxy) is 1. The van der Waals surface area contributed by atoms with Crippen LogP contribution in [0, 0.1) is 10.1 Å². The predicted molar refractivity (Wildman–Crippen MR) is 106 cm³/mol. The van der Waals surface area contributed by atoms with Crippen molar-refractivity contribution in [3.8, 4) is 11.5 Å². The number of phenols is 1. The lowest BCUT2D eigenvalue weighted by molar-refractivity contribution is -0.385. The molecule has 0 spiro atoms. The van der Waals surface area contributed by atoms with Crippen molar-refractivity contribution in [2.45, 2.75) is 0 Å². The van der Waals surface area contributed by atoms with Gasteiger partial charge in [0.15, 0.2) is 6.61 Å². The van der Waals surface area contributed by atoms with Crippen molar-refractivity contribution in [3.05, 3.63) is 59.4 Å². The summed E-state index contributed by atoms with van der Waals surface area (Å²) in [6.07, 6.45) is 1.10. The molecule has 0 saturated heterocycles. The highest BCUT2D eigenvalue weighted by molar-refractivity contribution is 9.11. The summed E-state index contributed by atoms with van der Waals surface area (Å²) in [6, 6.07) is 7.51. The van der Waals surface area contributed by atoms with Gasteiger partial charge in [0.2, 0.25) is 0 Å². The van der Waals surface area contributed by atoms with Crippen LogP contribution in [0.4, 0.5) is 5.69 Å². The maximum atomic E-state index is 11.8. The van der Waals surface area contributed by atoms with Crippen molar-refractivity contribution in [1.29, 1.82) is 0 Å². The summed E-state index contributed by atoms with van der Waals surface area (Å²) in [6.45, 7) is -0.289. The van der Waals surface area contributed by atoms with Gasteiger partial charge in [-0.25, -0.2) is 5.43 Å². The van der Waals surface area contributed by atoms with Gasteiger partial charge in [0, 0.05) is 22.2 Å². The van der Waals surface area contributed by atoms with Crippen LogP contribution in [-0.2, 0) is 4.79 Å². The van der Waals surface area contributed by atoms with E-state index < -0.39 is 10.8 Å². The molecule has 2 rings (SSSR count). The lowest BCUT2D eigenvalue weighted by atomic mass is 10.2. The number of aromatic hydroxyl groups is 1. The fourth-order valence-corrected chi connectivity index (χ4v) is 3.38. The monoisotopic (exact) mass is 549 g/mol. The Balaban J connectivity index is 1.97. The number of rotatable bonds is 6. The van der Waals surface area contributed by atoms with Crippen molar-refractivity contribution in [3.63, 3.8) is 0 Å². The molecule has 2 N–H and O–H groups in total. The highest BCUT2D eigenvalue weighted by Gasteiger charge is 2.13. The van der Waals surface area contributed by atoms with E-state index in [0.717, 1.165) is 22.8 Å². The van der Waals surface area contributed by atoms with Crippen molar-refractivity contribution in [2.75, 3.05) is 6.61 Å². The van der Waals surface area contributed by atoms with Gasteiger partial charge in [-0.3, -0.25) is 14.9 Å². The largest absolute Gasteiger partial charge is 0.506 e. The van der Waals surface area contributed by atoms with Crippen LogP contribution in [-0.4, -0.2) is 28.8 Å². The van der Waals surface area contributed by atoms with Crippen molar-refractivity contribution in [2.24, 2.45) is 5.10 Å². The van der Waals surface area contributed by atoms with Crippen LogP contribution in [0.3, 0.4) is 0 Å². The number of amides is 1. The molecule has 11 heteroatoms. The maximum Gasteiger partial charge on any atom is 0.277 e. The van der Waals surface area contributed by atoms with E-state index in [1.807, 2.05) is 0 Å². The fourth-order valence-electron chi connectivity index (χ4n) is 1.75. The van der Waals surface area contributed by atoms with Gasteiger partial charge in [-0.2, -0.15) is 5.10 Å². The first-order valence-corrected chi connectivity index (χ1v) is 9.22. The highest BCUT2D eigenvalue weighted by Crippen LogP contribution is 2.31. The van der Waals surface area contributed by atoms with E-state index in [-0.39, 0.29) is 28.1 Å².